The van der Waals surface area contributed by atoms with Gasteiger partial charge in [-0.2, -0.15) is 0 Å². The maximum Gasteiger partial charge on any atom is 0.269 e. The lowest BCUT2D eigenvalue weighted by atomic mass is 10.2. The van der Waals surface area contributed by atoms with Gasteiger partial charge in [-0.15, -0.1) is 0 Å². The van der Waals surface area contributed by atoms with Crippen LogP contribution in [0.15, 0.2) is 30.6 Å². The van der Waals surface area contributed by atoms with E-state index in [0.717, 1.165) is 11.1 Å². The number of hydrogen-bond donors (Lipinski definition) is 1. The third kappa shape index (κ3) is 3.17. The van der Waals surface area contributed by atoms with Crippen molar-refractivity contribution in [1.82, 2.24) is 9.97 Å². The molecule has 0 saturated heterocycles. The number of aromatic nitrogens is 2. The van der Waals surface area contributed by atoms with Crippen molar-refractivity contribution < 1.29 is 4.92 Å². The number of benzene rings is 1. The van der Waals surface area contributed by atoms with Crippen molar-refractivity contribution in [3.05, 3.63) is 57.0 Å². The lowest BCUT2D eigenvalue weighted by Gasteiger charge is -2.08. The Bertz CT molecular complexity index is 618. The Labute approximate surface area is 114 Å². The van der Waals surface area contributed by atoms with E-state index >= 15 is 0 Å². The first-order chi connectivity index (χ1) is 9.08. The Morgan fingerprint density at radius 2 is 2.21 bits per heavy atom. The topological polar surface area (TPSA) is 81.0 Å². The van der Waals surface area contributed by atoms with Crippen molar-refractivity contribution in [2.45, 2.75) is 13.5 Å². The first kappa shape index (κ1) is 13.2. The average molecular weight is 279 g/mol. The summed E-state index contributed by atoms with van der Waals surface area (Å²) >= 11 is 5.88. The fraction of sp³-hybridized carbons (Fsp3) is 0.167. The molecule has 0 aliphatic rings. The van der Waals surface area contributed by atoms with Gasteiger partial charge in [0.2, 0.25) is 0 Å². The number of nitrogens with one attached hydrogen (secondary N) is 1. The average Bonchev–Trinajstić information content (AvgIpc) is 2.41. The molecule has 2 aromatic rings. The predicted octanol–water partition coefficient (Wildman–Crippen LogP) is 2.96. The second kappa shape index (κ2) is 5.62. The fourth-order valence-electron chi connectivity index (χ4n) is 1.57. The highest BCUT2D eigenvalue weighted by atomic mass is 35.5. The molecule has 1 aromatic heterocycles. The summed E-state index contributed by atoms with van der Waals surface area (Å²) in [5, 5.41) is 14.1. The number of anilines is 1. The second-order valence-electron chi connectivity index (χ2n) is 3.92. The van der Waals surface area contributed by atoms with Crippen LogP contribution in [0.25, 0.3) is 0 Å². The number of nitrogens with zero attached hydrogens (tertiary/aromatic N) is 3. The Morgan fingerprint density at radius 1 is 1.42 bits per heavy atom. The number of nitro benzene ring substituents is 1. The van der Waals surface area contributed by atoms with Gasteiger partial charge in [-0.3, -0.25) is 10.1 Å². The van der Waals surface area contributed by atoms with Crippen molar-refractivity contribution in [3.8, 4) is 0 Å². The third-order valence-corrected chi connectivity index (χ3v) is 2.98. The molecule has 0 atom stereocenters. The molecule has 1 N–H and O–H groups in total. The fourth-order valence-corrected chi connectivity index (χ4v) is 1.71. The van der Waals surface area contributed by atoms with Gasteiger partial charge in [0.15, 0.2) is 0 Å². The highest BCUT2D eigenvalue weighted by Gasteiger charge is 2.07. The lowest BCUT2D eigenvalue weighted by molar-refractivity contribution is -0.384. The summed E-state index contributed by atoms with van der Waals surface area (Å²) in [6.07, 6.45) is 1.37. The van der Waals surface area contributed by atoms with Crippen LogP contribution in [0.5, 0.6) is 0 Å². The van der Waals surface area contributed by atoms with Gasteiger partial charge < -0.3 is 5.32 Å². The zero-order chi connectivity index (χ0) is 13.8. The molecule has 19 heavy (non-hydrogen) atoms. The molecule has 0 saturated carbocycles. The molecule has 1 heterocycles. The van der Waals surface area contributed by atoms with E-state index in [2.05, 4.69) is 15.3 Å². The highest BCUT2D eigenvalue weighted by molar-refractivity contribution is 6.30. The van der Waals surface area contributed by atoms with Crippen molar-refractivity contribution >= 4 is 23.1 Å². The van der Waals surface area contributed by atoms with Gasteiger partial charge in [-0.1, -0.05) is 23.7 Å². The molecule has 6 nitrogen and oxygen atoms in total. The van der Waals surface area contributed by atoms with Gasteiger partial charge in [-0.25, -0.2) is 9.97 Å². The van der Waals surface area contributed by atoms with Crippen molar-refractivity contribution in [1.29, 1.82) is 0 Å². The Balaban J connectivity index is 2.12. The van der Waals surface area contributed by atoms with E-state index in [9.17, 15) is 10.1 Å². The Morgan fingerprint density at radius 3 is 2.95 bits per heavy atom. The smallest absolute Gasteiger partial charge is 0.269 e. The third-order valence-electron chi connectivity index (χ3n) is 2.60. The van der Waals surface area contributed by atoms with Crippen LogP contribution in [0.2, 0.25) is 5.15 Å². The molecular weight excluding hydrogens is 268 g/mol. The molecule has 0 radical (unpaired) electrons. The molecule has 0 spiro atoms. The standard InChI is InChI=1S/C12H11ClN4O2/c1-8-11(13)15-7-16-12(8)14-6-9-3-2-4-10(5-9)17(18)19/h2-5,7H,6H2,1H3,(H,14,15,16). The maximum atomic E-state index is 10.7. The first-order valence-corrected chi connectivity index (χ1v) is 5.90. The summed E-state index contributed by atoms with van der Waals surface area (Å²) in [6, 6.07) is 6.43. The quantitative estimate of drug-likeness (QED) is 0.528. The van der Waals surface area contributed by atoms with Crippen LogP contribution in [0, 0.1) is 17.0 Å². The number of nitro groups is 1. The molecule has 0 aliphatic carbocycles. The van der Waals surface area contributed by atoms with Crippen molar-refractivity contribution in [2.75, 3.05) is 5.32 Å². The number of hydrogen-bond acceptors (Lipinski definition) is 5. The van der Waals surface area contributed by atoms with Gasteiger partial charge in [0.25, 0.3) is 5.69 Å². The van der Waals surface area contributed by atoms with Gasteiger partial charge in [0, 0.05) is 24.2 Å². The number of halogens is 1. The van der Waals surface area contributed by atoms with Crippen LogP contribution in [-0.2, 0) is 6.54 Å². The molecule has 0 bridgehead atoms. The summed E-state index contributed by atoms with van der Waals surface area (Å²) in [7, 11) is 0. The first-order valence-electron chi connectivity index (χ1n) is 5.52. The normalized spacial score (nSPS) is 10.2. The molecule has 1 aromatic carbocycles. The van der Waals surface area contributed by atoms with E-state index in [1.807, 2.05) is 0 Å². The molecule has 0 amide bonds. The van der Waals surface area contributed by atoms with E-state index in [1.54, 1.807) is 19.1 Å². The van der Waals surface area contributed by atoms with Gasteiger partial charge in [-0.05, 0) is 12.5 Å². The minimum absolute atomic E-state index is 0.0664. The van der Waals surface area contributed by atoms with Gasteiger partial charge in [0.1, 0.15) is 17.3 Å². The second-order valence-corrected chi connectivity index (χ2v) is 4.28. The zero-order valence-corrected chi connectivity index (χ0v) is 10.9. The highest BCUT2D eigenvalue weighted by Crippen LogP contribution is 2.19. The van der Waals surface area contributed by atoms with Crippen LogP contribution < -0.4 is 5.32 Å². The summed E-state index contributed by atoms with van der Waals surface area (Å²) in [6.45, 7) is 2.23. The zero-order valence-electron chi connectivity index (χ0n) is 10.1. The SMILES string of the molecule is Cc1c(Cl)ncnc1NCc1cccc([N+](=O)[O-])c1. The van der Waals surface area contributed by atoms with Crippen LogP contribution in [0.3, 0.4) is 0 Å². The van der Waals surface area contributed by atoms with Gasteiger partial charge in [0.05, 0.1) is 4.92 Å². The molecule has 0 fully saturated rings. The Hall–Kier alpha value is -2.21. The number of rotatable bonds is 4. The lowest BCUT2D eigenvalue weighted by Crippen LogP contribution is -2.04. The summed E-state index contributed by atoms with van der Waals surface area (Å²) in [4.78, 5) is 18.2. The molecule has 2 rings (SSSR count). The minimum Gasteiger partial charge on any atom is -0.366 e. The summed E-state index contributed by atoms with van der Waals surface area (Å²) < 4.78 is 0. The summed E-state index contributed by atoms with van der Waals surface area (Å²) in [5.74, 6) is 0.617. The number of non-ortho nitro benzene ring substituents is 1. The molecule has 98 valence electrons. The minimum atomic E-state index is -0.420. The van der Waals surface area contributed by atoms with Crippen LogP contribution in [0.4, 0.5) is 11.5 Å². The van der Waals surface area contributed by atoms with Crippen LogP contribution in [-0.4, -0.2) is 14.9 Å². The molecule has 0 unspecified atom stereocenters. The largest absolute Gasteiger partial charge is 0.366 e. The monoisotopic (exact) mass is 278 g/mol. The van der Waals surface area contributed by atoms with Crippen molar-refractivity contribution in [3.63, 3.8) is 0 Å². The van der Waals surface area contributed by atoms with Crippen LogP contribution >= 0.6 is 11.6 Å². The molecule has 0 aliphatic heterocycles. The van der Waals surface area contributed by atoms with E-state index in [4.69, 9.17) is 11.6 Å². The van der Waals surface area contributed by atoms with E-state index < -0.39 is 4.92 Å². The van der Waals surface area contributed by atoms with E-state index in [0.29, 0.717) is 17.5 Å². The maximum absolute atomic E-state index is 10.7. The van der Waals surface area contributed by atoms with Crippen LogP contribution in [0.1, 0.15) is 11.1 Å². The molecular formula is C12H11ClN4O2. The van der Waals surface area contributed by atoms with Gasteiger partial charge >= 0.3 is 0 Å². The van der Waals surface area contributed by atoms with E-state index in [-0.39, 0.29) is 5.69 Å². The predicted molar refractivity (Wildman–Crippen MR) is 72.2 cm³/mol. The Kier molecular flexibility index (Phi) is 3.91. The van der Waals surface area contributed by atoms with Crippen molar-refractivity contribution in [2.24, 2.45) is 0 Å². The molecule has 7 heteroatoms. The summed E-state index contributed by atoms with van der Waals surface area (Å²) in [5.41, 5.74) is 1.61. The van der Waals surface area contributed by atoms with E-state index in [1.165, 1.54) is 18.5 Å².